The largest absolute Gasteiger partial charge is 0.393 e. The lowest BCUT2D eigenvalue weighted by Gasteiger charge is -2.34. The summed E-state index contributed by atoms with van der Waals surface area (Å²) in [5.41, 5.74) is 7.03. The second kappa shape index (κ2) is 6.89. The van der Waals surface area contributed by atoms with Crippen molar-refractivity contribution >= 4 is 11.4 Å². The molecular formula is C16H25N3O2. The van der Waals surface area contributed by atoms with E-state index in [2.05, 4.69) is 18.9 Å². The van der Waals surface area contributed by atoms with Crippen molar-refractivity contribution in [3.8, 4) is 0 Å². The van der Waals surface area contributed by atoms with Crippen LogP contribution in [0.2, 0.25) is 0 Å². The summed E-state index contributed by atoms with van der Waals surface area (Å²) >= 11 is 0. The molecule has 0 unspecified atom stereocenters. The van der Waals surface area contributed by atoms with Crippen LogP contribution in [-0.2, 0) is 6.54 Å². The molecule has 1 fully saturated rings. The quantitative estimate of drug-likeness (QED) is 0.511. The zero-order valence-electron chi connectivity index (χ0n) is 12.9. The van der Waals surface area contributed by atoms with E-state index in [0.29, 0.717) is 6.04 Å². The molecule has 2 N–H and O–H groups in total. The van der Waals surface area contributed by atoms with Crippen LogP contribution in [-0.4, -0.2) is 22.9 Å². The number of nitrogen functional groups attached to an aromatic ring is 1. The topological polar surface area (TPSA) is 72.4 Å². The van der Waals surface area contributed by atoms with E-state index < -0.39 is 4.92 Å². The second-order valence-electron chi connectivity index (χ2n) is 6.15. The summed E-state index contributed by atoms with van der Waals surface area (Å²) in [4.78, 5) is 12.7. The SMILES string of the molecule is CCC1CCC(N(C)Cc2ccc([N+](=O)[O-])c(N)c2)CC1. The van der Waals surface area contributed by atoms with Gasteiger partial charge < -0.3 is 5.73 Å². The van der Waals surface area contributed by atoms with Crippen molar-refractivity contribution in [1.82, 2.24) is 4.90 Å². The lowest BCUT2D eigenvalue weighted by Crippen LogP contribution is -2.34. The Balaban J connectivity index is 1.95. The molecule has 1 aliphatic rings. The van der Waals surface area contributed by atoms with Gasteiger partial charge in [-0.15, -0.1) is 0 Å². The van der Waals surface area contributed by atoms with Crippen molar-refractivity contribution in [2.24, 2.45) is 5.92 Å². The van der Waals surface area contributed by atoms with E-state index in [1.54, 1.807) is 6.07 Å². The summed E-state index contributed by atoms with van der Waals surface area (Å²) in [5.74, 6) is 0.893. The zero-order chi connectivity index (χ0) is 15.4. The number of benzene rings is 1. The molecule has 0 aromatic heterocycles. The van der Waals surface area contributed by atoms with Crippen LogP contribution in [0.25, 0.3) is 0 Å². The Morgan fingerprint density at radius 1 is 1.33 bits per heavy atom. The molecule has 2 rings (SSSR count). The van der Waals surface area contributed by atoms with Gasteiger partial charge in [-0.1, -0.05) is 19.4 Å². The van der Waals surface area contributed by atoms with Crippen molar-refractivity contribution in [2.45, 2.75) is 51.6 Å². The van der Waals surface area contributed by atoms with Gasteiger partial charge in [0.15, 0.2) is 0 Å². The molecule has 0 amide bonds. The minimum Gasteiger partial charge on any atom is -0.393 e. The van der Waals surface area contributed by atoms with Crippen LogP contribution in [0.3, 0.4) is 0 Å². The van der Waals surface area contributed by atoms with Crippen LogP contribution in [0.5, 0.6) is 0 Å². The molecule has 0 spiro atoms. The lowest BCUT2D eigenvalue weighted by atomic mass is 9.84. The highest BCUT2D eigenvalue weighted by atomic mass is 16.6. The lowest BCUT2D eigenvalue weighted by molar-refractivity contribution is -0.383. The van der Waals surface area contributed by atoms with E-state index in [-0.39, 0.29) is 11.4 Å². The normalized spacial score (nSPS) is 22.4. The molecule has 0 aliphatic heterocycles. The van der Waals surface area contributed by atoms with E-state index >= 15 is 0 Å². The summed E-state index contributed by atoms with van der Waals surface area (Å²) in [7, 11) is 2.13. The van der Waals surface area contributed by atoms with Gasteiger partial charge in [-0.25, -0.2) is 0 Å². The molecule has 1 aromatic carbocycles. The highest BCUT2D eigenvalue weighted by Crippen LogP contribution is 2.30. The Bertz CT molecular complexity index is 496. The number of hydrogen-bond acceptors (Lipinski definition) is 4. The summed E-state index contributed by atoms with van der Waals surface area (Å²) < 4.78 is 0. The standard InChI is InChI=1S/C16H25N3O2/c1-3-12-4-7-14(8-5-12)18(2)11-13-6-9-16(19(20)21)15(17)10-13/h6,9-10,12,14H,3-5,7-8,11,17H2,1-2H3. The van der Waals surface area contributed by atoms with Crippen molar-refractivity contribution < 1.29 is 4.92 Å². The fourth-order valence-electron chi connectivity index (χ4n) is 3.28. The third-order valence-corrected chi connectivity index (χ3v) is 4.74. The van der Waals surface area contributed by atoms with E-state index in [4.69, 9.17) is 5.73 Å². The number of nitro groups is 1. The Labute approximate surface area is 126 Å². The number of rotatable bonds is 5. The third kappa shape index (κ3) is 3.94. The average molecular weight is 291 g/mol. The van der Waals surface area contributed by atoms with Crippen LogP contribution in [0, 0.1) is 16.0 Å². The van der Waals surface area contributed by atoms with E-state index in [1.807, 2.05) is 6.07 Å². The molecule has 0 atom stereocenters. The molecule has 5 nitrogen and oxygen atoms in total. The zero-order valence-corrected chi connectivity index (χ0v) is 12.9. The Morgan fingerprint density at radius 2 is 2.00 bits per heavy atom. The van der Waals surface area contributed by atoms with Gasteiger partial charge in [0.25, 0.3) is 5.69 Å². The van der Waals surface area contributed by atoms with Gasteiger partial charge in [0.05, 0.1) is 4.92 Å². The Kier molecular flexibility index (Phi) is 5.17. The van der Waals surface area contributed by atoms with Crippen LogP contribution >= 0.6 is 0 Å². The van der Waals surface area contributed by atoms with Crippen LogP contribution < -0.4 is 5.73 Å². The Hall–Kier alpha value is -1.62. The minimum atomic E-state index is -0.436. The molecule has 0 heterocycles. The maximum absolute atomic E-state index is 10.8. The highest BCUT2D eigenvalue weighted by Gasteiger charge is 2.23. The first kappa shape index (κ1) is 15.8. The monoisotopic (exact) mass is 291 g/mol. The van der Waals surface area contributed by atoms with Gasteiger partial charge >= 0.3 is 0 Å². The predicted molar refractivity (Wildman–Crippen MR) is 85.0 cm³/mol. The first-order chi connectivity index (χ1) is 10.0. The molecule has 1 aliphatic carbocycles. The van der Waals surface area contributed by atoms with Crippen molar-refractivity contribution in [3.63, 3.8) is 0 Å². The van der Waals surface area contributed by atoms with E-state index in [1.165, 1.54) is 38.2 Å². The molecule has 0 bridgehead atoms. The molecule has 116 valence electrons. The predicted octanol–water partition coefficient (Wildman–Crippen LogP) is 3.58. The molecule has 5 heteroatoms. The van der Waals surface area contributed by atoms with Gasteiger partial charge in [-0.2, -0.15) is 0 Å². The van der Waals surface area contributed by atoms with E-state index in [9.17, 15) is 10.1 Å². The first-order valence-electron chi connectivity index (χ1n) is 7.74. The molecule has 1 aromatic rings. The molecule has 21 heavy (non-hydrogen) atoms. The summed E-state index contributed by atoms with van der Waals surface area (Å²) in [6.45, 7) is 3.07. The molecule has 0 saturated heterocycles. The number of anilines is 1. The average Bonchev–Trinajstić information content (AvgIpc) is 2.47. The van der Waals surface area contributed by atoms with Crippen molar-refractivity contribution in [1.29, 1.82) is 0 Å². The highest BCUT2D eigenvalue weighted by molar-refractivity contribution is 5.59. The summed E-state index contributed by atoms with van der Waals surface area (Å²) in [6.07, 6.45) is 6.41. The van der Waals surface area contributed by atoms with Crippen molar-refractivity contribution in [2.75, 3.05) is 12.8 Å². The Morgan fingerprint density at radius 3 is 2.52 bits per heavy atom. The number of nitrogens with zero attached hydrogens (tertiary/aromatic N) is 2. The maximum Gasteiger partial charge on any atom is 0.292 e. The second-order valence-corrected chi connectivity index (χ2v) is 6.15. The number of nitro benzene ring substituents is 1. The maximum atomic E-state index is 10.8. The molecular weight excluding hydrogens is 266 g/mol. The molecule has 0 radical (unpaired) electrons. The van der Waals surface area contributed by atoms with Crippen LogP contribution in [0.4, 0.5) is 11.4 Å². The van der Waals surface area contributed by atoms with Gasteiger partial charge in [0.1, 0.15) is 5.69 Å². The summed E-state index contributed by atoms with van der Waals surface area (Å²) in [6, 6.07) is 5.66. The number of hydrogen-bond donors (Lipinski definition) is 1. The third-order valence-electron chi connectivity index (χ3n) is 4.74. The fraction of sp³-hybridized carbons (Fsp3) is 0.625. The minimum absolute atomic E-state index is 0.00939. The fourth-order valence-corrected chi connectivity index (χ4v) is 3.28. The summed E-state index contributed by atoms with van der Waals surface area (Å²) in [5, 5.41) is 10.8. The van der Waals surface area contributed by atoms with E-state index in [0.717, 1.165) is 18.0 Å². The van der Waals surface area contributed by atoms with Crippen LogP contribution in [0.1, 0.15) is 44.6 Å². The van der Waals surface area contributed by atoms with Gasteiger partial charge in [-0.3, -0.25) is 15.0 Å². The van der Waals surface area contributed by atoms with Gasteiger partial charge in [0.2, 0.25) is 0 Å². The molecule has 1 saturated carbocycles. The van der Waals surface area contributed by atoms with Gasteiger partial charge in [0, 0.05) is 18.7 Å². The first-order valence-corrected chi connectivity index (χ1v) is 7.74. The van der Waals surface area contributed by atoms with Crippen LogP contribution in [0.15, 0.2) is 18.2 Å². The van der Waals surface area contributed by atoms with Crippen molar-refractivity contribution in [3.05, 3.63) is 33.9 Å². The number of nitrogens with two attached hydrogens (primary N) is 1. The smallest absolute Gasteiger partial charge is 0.292 e. The van der Waals surface area contributed by atoms with Gasteiger partial charge in [-0.05, 0) is 50.3 Å².